The molecule has 1 aliphatic rings. The molecule has 4 nitrogen and oxygen atoms in total. The Hall–Kier alpha value is -2.76. The molecule has 1 amide bonds. The molecular formula is C19H17F2N3O. The average Bonchev–Trinajstić information content (AvgIpc) is 3.18. The van der Waals surface area contributed by atoms with Gasteiger partial charge in [-0.15, -0.1) is 0 Å². The van der Waals surface area contributed by atoms with Crippen LogP contribution in [0, 0.1) is 6.92 Å². The minimum atomic E-state index is -2.47. The lowest BCUT2D eigenvalue weighted by Crippen LogP contribution is -2.28. The molecule has 1 atom stereocenters. The van der Waals surface area contributed by atoms with Crippen LogP contribution in [-0.2, 0) is 6.42 Å². The van der Waals surface area contributed by atoms with Gasteiger partial charge in [-0.05, 0) is 48.6 Å². The van der Waals surface area contributed by atoms with Crippen molar-refractivity contribution in [2.24, 2.45) is 0 Å². The number of pyridine rings is 1. The van der Waals surface area contributed by atoms with Crippen molar-refractivity contribution in [2.75, 3.05) is 0 Å². The molecule has 0 radical (unpaired) electrons. The number of amides is 1. The second-order valence-electron chi connectivity index (χ2n) is 6.40. The van der Waals surface area contributed by atoms with Gasteiger partial charge in [0.1, 0.15) is 11.3 Å². The molecule has 6 heteroatoms. The van der Waals surface area contributed by atoms with Crippen molar-refractivity contribution in [3.8, 4) is 0 Å². The van der Waals surface area contributed by atoms with Crippen LogP contribution in [0.5, 0.6) is 0 Å². The number of aromatic nitrogens is 2. The van der Waals surface area contributed by atoms with E-state index in [4.69, 9.17) is 0 Å². The Morgan fingerprint density at radius 3 is 2.96 bits per heavy atom. The number of fused-ring (bicyclic) bond motifs is 2. The van der Waals surface area contributed by atoms with Crippen molar-refractivity contribution >= 4 is 11.6 Å². The minimum absolute atomic E-state index is 0.0305. The third-order valence-electron chi connectivity index (χ3n) is 4.69. The van der Waals surface area contributed by atoms with Gasteiger partial charge in [0.2, 0.25) is 0 Å². The van der Waals surface area contributed by atoms with Crippen LogP contribution in [0.4, 0.5) is 8.78 Å². The fourth-order valence-corrected chi connectivity index (χ4v) is 3.41. The summed E-state index contributed by atoms with van der Waals surface area (Å²) < 4.78 is 27.4. The van der Waals surface area contributed by atoms with Crippen molar-refractivity contribution in [3.05, 3.63) is 70.7 Å². The molecule has 2 heterocycles. The van der Waals surface area contributed by atoms with Gasteiger partial charge >= 0.3 is 0 Å². The number of halogens is 2. The van der Waals surface area contributed by atoms with Crippen LogP contribution in [0.3, 0.4) is 0 Å². The topological polar surface area (TPSA) is 46.4 Å². The Bertz CT molecular complexity index is 964. The first-order chi connectivity index (χ1) is 12.0. The summed E-state index contributed by atoms with van der Waals surface area (Å²) in [6.07, 6.45) is 2.35. The van der Waals surface area contributed by atoms with Crippen LogP contribution in [0.25, 0.3) is 5.65 Å². The van der Waals surface area contributed by atoms with E-state index in [1.54, 1.807) is 22.7 Å². The van der Waals surface area contributed by atoms with E-state index in [1.807, 2.05) is 25.3 Å². The molecule has 1 aliphatic carbocycles. The molecule has 0 aliphatic heterocycles. The van der Waals surface area contributed by atoms with Gasteiger partial charge in [0.25, 0.3) is 12.3 Å². The standard InChI is InChI=1S/C19H17F2N3O/c1-11-2-7-17-22-9-16(24(17)10-11)19(25)23-15-6-4-12-8-13(18(20)21)3-5-14(12)15/h2-3,5,7-10,15,18H,4,6H2,1H3,(H,23,25). The third-order valence-corrected chi connectivity index (χ3v) is 4.69. The van der Waals surface area contributed by atoms with Gasteiger partial charge in [0.05, 0.1) is 12.2 Å². The van der Waals surface area contributed by atoms with Gasteiger partial charge in [-0.3, -0.25) is 9.20 Å². The molecule has 25 heavy (non-hydrogen) atoms. The zero-order valence-electron chi connectivity index (χ0n) is 13.7. The summed E-state index contributed by atoms with van der Waals surface area (Å²) in [5, 5.41) is 3.01. The van der Waals surface area contributed by atoms with Crippen molar-refractivity contribution in [3.63, 3.8) is 0 Å². The highest BCUT2D eigenvalue weighted by molar-refractivity contribution is 5.93. The lowest BCUT2D eigenvalue weighted by atomic mass is 10.0. The van der Waals surface area contributed by atoms with E-state index in [0.29, 0.717) is 24.2 Å². The number of rotatable bonds is 3. The van der Waals surface area contributed by atoms with E-state index >= 15 is 0 Å². The Morgan fingerprint density at radius 2 is 2.16 bits per heavy atom. The normalized spacial score (nSPS) is 16.4. The summed E-state index contributed by atoms with van der Waals surface area (Å²) in [5.41, 5.74) is 4.05. The fourth-order valence-electron chi connectivity index (χ4n) is 3.41. The zero-order valence-corrected chi connectivity index (χ0v) is 13.7. The van der Waals surface area contributed by atoms with Crippen LogP contribution in [0.2, 0.25) is 0 Å². The Balaban J connectivity index is 1.59. The number of benzene rings is 1. The van der Waals surface area contributed by atoms with Gasteiger partial charge in [-0.25, -0.2) is 13.8 Å². The zero-order chi connectivity index (χ0) is 17.6. The number of nitrogens with one attached hydrogen (secondary N) is 1. The number of imidazole rings is 1. The van der Waals surface area contributed by atoms with Crippen LogP contribution < -0.4 is 5.32 Å². The number of nitrogens with zero attached hydrogens (tertiary/aromatic N) is 2. The maximum Gasteiger partial charge on any atom is 0.270 e. The summed E-state index contributed by atoms with van der Waals surface area (Å²) in [7, 11) is 0. The highest BCUT2D eigenvalue weighted by atomic mass is 19.3. The Morgan fingerprint density at radius 1 is 1.32 bits per heavy atom. The molecule has 1 unspecified atom stereocenters. The SMILES string of the molecule is Cc1ccc2ncc(C(=O)NC3CCc4cc(C(F)F)ccc43)n2c1. The first-order valence-corrected chi connectivity index (χ1v) is 8.18. The first-order valence-electron chi connectivity index (χ1n) is 8.18. The molecule has 128 valence electrons. The smallest absolute Gasteiger partial charge is 0.270 e. The van der Waals surface area contributed by atoms with Gasteiger partial charge in [0.15, 0.2) is 0 Å². The molecule has 2 aromatic heterocycles. The van der Waals surface area contributed by atoms with Crippen molar-refractivity contribution < 1.29 is 13.6 Å². The summed E-state index contributed by atoms with van der Waals surface area (Å²) in [6, 6.07) is 8.33. The number of aryl methyl sites for hydroxylation is 2. The molecule has 0 fully saturated rings. The van der Waals surface area contributed by atoms with Crippen LogP contribution >= 0.6 is 0 Å². The largest absolute Gasteiger partial charge is 0.344 e. The van der Waals surface area contributed by atoms with Crippen LogP contribution in [-0.4, -0.2) is 15.3 Å². The van der Waals surface area contributed by atoms with E-state index in [9.17, 15) is 13.6 Å². The summed E-state index contributed by atoms with van der Waals surface area (Å²) >= 11 is 0. The molecule has 0 saturated heterocycles. The summed E-state index contributed by atoms with van der Waals surface area (Å²) in [5.74, 6) is -0.214. The van der Waals surface area contributed by atoms with Gasteiger partial charge in [-0.2, -0.15) is 0 Å². The number of hydrogen-bond donors (Lipinski definition) is 1. The summed E-state index contributed by atoms with van der Waals surface area (Å²) in [4.78, 5) is 16.9. The lowest BCUT2D eigenvalue weighted by Gasteiger charge is -2.14. The quantitative estimate of drug-likeness (QED) is 0.783. The monoisotopic (exact) mass is 341 g/mol. The van der Waals surface area contributed by atoms with Gasteiger partial charge in [0, 0.05) is 11.8 Å². The second kappa shape index (κ2) is 5.95. The highest BCUT2D eigenvalue weighted by Gasteiger charge is 2.26. The molecule has 0 spiro atoms. The maximum atomic E-state index is 12.8. The molecule has 3 aromatic rings. The van der Waals surface area contributed by atoms with Crippen LogP contribution in [0.15, 0.2) is 42.7 Å². The van der Waals surface area contributed by atoms with E-state index < -0.39 is 6.43 Å². The van der Waals surface area contributed by atoms with Crippen molar-refractivity contribution in [1.29, 1.82) is 0 Å². The maximum absolute atomic E-state index is 12.8. The number of carbonyl (C=O) groups excluding carboxylic acids is 1. The van der Waals surface area contributed by atoms with E-state index in [2.05, 4.69) is 10.3 Å². The predicted octanol–water partition coefficient (Wildman–Crippen LogP) is 4.00. The number of alkyl halides is 2. The van der Waals surface area contributed by atoms with E-state index in [0.717, 1.165) is 16.7 Å². The first kappa shape index (κ1) is 15.7. The Kier molecular flexibility index (Phi) is 3.75. The number of carbonyl (C=O) groups is 1. The summed E-state index contributed by atoms with van der Waals surface area (Å²) in [6.45, 7) is 1.95. The minimum Gasteiger partial charge on any atom is -0.344 e. The van der Waals surface area contributed by atoms with Gasteiger partial charge < -0.3 is 5.32 Å². The highest BCUT2D eigenvalue weighted by Crippen LogP contribution is 2.34. The van der Waals surface area contributed by atoms with Crippen molar-refractivity contribution in [2.45, 2.75) is 32.2 Å². The molecule has 4 rings (SSSR count). The predicted molar refractivity (Wildman–Crippen MR) is 89.9 cm³/mol. The second-order valence-corrected chi connectivity index (χ2v) is 6.40. The van der Waals surface area contributed by atoms with Crippen LogP contribution in [0.1, 0.15) is 51.6 Å². The average molecular weight is 341 g/mol. The van der Waals surface area contributed by atoms with E-state index in [1.165, 1.54) is 6.07 Å². The lowest BCUT2D eigenvalue weighted by molar-refractivity contribution is 0.0930. The van der Waals surface area contributed by atoms with E-state index in [-0.39, 0.29) is 17.5 Å². The third kappa shape index (κ3) is 2.77. The van der Waals surface area contributed by atoms with Gasteiger partial charge in [-0.1, -0.05) is 18.2 Å². The fraction of sp³-hybridized carbons (Fsp3) is 0.263. The molecule has 1 aromatic carbocycles. The van der Waals surface area contributed by atoms with Crippen molar-refractivity contribution in [1.82, 2.24) is 14.7 Å². The Labute approximate surface area is 143 Å². The number of hydrogen-bond acceptors (Lipinski definition) is 2. The molecule has 0 saturated carbocycles. The molecular weight excluding hydrogens is 324 g/mol. The molecule has 1 N–H and O–H groups in total. The molecule has 0 bridgehead atoms.